The van der Waals surface area contributed by atoms with Crippen molar-refractivity contribution in [2.24, 2.45) is 0 Å². The Hall–Kier alpha value is -2.40. The van der Waals surface area contributed by atoms with Crippen LogP contribution in [0, 0.1) is 5.82 Å². The highest BCUT2D eigenvalue weighted by Gasteiger charge is 2.20. The molecular formula is C18H18FN2OS+. The molecule has 5 heteroatoms. The van der Waals surface area contributed by atoms with E-state index in [-0.39, 0.29) is 11.7 Å². The van der Waals surface area contributed by atoms with Gasteiger partial charge in [-0.15, -0.1) is 0 Å². The van der Waals surface area contributed by atoms with Gasteiger partial charge in [0.25, 0.3) is 0 Å². The summed E-state index contributed by atoms with van der Waals surface area (Å²) >= 11 is 1.49. The number of ether oxygens (including phenoxy) is 1. The average Bonchev–Trinajstić information content (AvgIpc) is 3.01. The minimum atomic E-state index is -0.221. The number of hydrogen-bond donors (Lipinski definition) is 1. The van der Waals surface area contributed by atoms with Gasteiger partial charge in [0.1, 0.15) is 17.3 Å². The Bertz CT molecular complexity index is 768. The number of nitrogens with two attached hydrogens (primary N) is 1. The van der Waals surface area contributed by atoms with Crippen molar-refractivity contribution in [1.82, 2.24) is 0 Å². The van der Waals surface area contributed by atoms with E-state index >= 15 is 0 Å². The normalized spacial score (nSPS) is 12.1. The number of aromatic amines is 1. The highest BCUT2D eigenvalue weighted by Crippen LogP contribution is 2.29. The molecule has 3 N–H and O–H groups in total. The molecule has 0 amide bonds. The number of benzene rings is 2. The molecule has 0 radical (unpaired) electrons. The number of halogens is 1. The zero-order chi connectivity index (χ0) is 16.2. The minimum absolute atomic E-state index is 0.125. The van der Waals surface area contributed by atoms with Gasteiger partial charge < -0.3 is 4.74 Å². The van der Waals surface area contributed by atoms with Crippen molar-refractivity contribution in [1.29, 1.82) is 0 Å². The first-order valence-electron chi connectivity index (χ1n) is 7.30. The van der Waals surface area contributed by atoms with Crippen LogP contribution in [0.1, 0.15) is 22.7 Å². The molecule has 3 rings (SSSR count). The van der Waals surface area contributed by atoms with Crippen LogP contribution in [0.3, 0.4) is 0 Å². The van der Waals surface area contributed by atoms with Gasteiger partial charge in [0.2, 0.25) is 0 Å². The lowest BCUT2D eigenvalue weighted by atomic mass is 9.89. The van der Waals surface area contributed by atoms with Gasteiger partial charge >= 0.3 is 5.13 Å². The monoisotopic (exact) mass is 329 g/mol. The van der Waals surface area contributed by atoms with Crippen molar-refractivity contribution >= 4 is 16.5 Å². The zero-order valence-electron chi connectivity index (χ0n) is 12.8. The van der Waals surface area contributed by atoms with E-state index < -0.39 is 0 Å². The molecule has 0 aliphatic rings. The third-order valence-electron chi connectivity index (χ3n) is 3.83. The van der Waals surface area contributed by atoms with Crippen LogP contribution in [0.5, 0.6) is 5.75 Å². The number of H-pyrrole nitrogens is 1. The van der Waals surface area contributed by atoms with E-state index in [4.69, 9.17) is 10.5 Å². The number of rotatable bonds is 5. The number of hydrogen-bond acceptors (Lipinski definition) is 3. The summed E-state index contributed by atoms with van der Waals surface area (Å²) in [6, 6.07) is 14.6. The van der Waals surface area contributed by atoms with E-state index in [2.05, 4.69) is 17.1 Å². The van der Waals surface area contributed by atoms with Crippen LogP contribution in [-0.4, -0.2) is 7.11 Å². The van der Waals surface area contributed by atoms with E-state index in [9.17, 15) is 4.39 Å². The van der Waals surface area contributed by atoms with Crippen LogP contribution in [-0.2, 0) is 6.42 Å². The second kappa shape index (κ2) is 6.79. The molecule has 0 spiro atoms. The zero-order valence-corrected chi connectivity index (χ0v) is 13.6. The summed E-state index contributed by atoms with van der Waals surface area (Å²) in [4.78, 5) is 3.23. The fourth-order valence-corrected chi connectivity index (χ4v) is 3.25. The van der Waals surface area contributed by atoms with Crippen LogP contribution < -0.4 is 15.5 Å². The summed E-state index contributed by atoms with van der Waals surface area (Å²) in [5.74, 6) is 0.726. The largest absolute Gasteiger partial charge is 0.497 e. The summed E-state index contributed by atoms with van der Waals surface area (Å²) in [6.45, 7) is 0. The van der Waals surface area contributed by atoms with Gasteiger partial charge in [-0.05, 0) is 41.8 Å². The predicted molar refractivity (Wildman–Crippen MR) is 90.2 cm³/mol. The van der Waals surface area contributed by atoms with Crippen molar-refractivity contribution in [3.8, 4) is 5.75 Å². The smallest absolute Gasteiger partial charge is 0.329 e. The molecule has 1 atom stereocenters. The lowest BCUT2D eigenvalue weighted by Gasteiger charge is -2.15. The molecule has 2 aromatic carbocycles. The first-order valence-corrected chi connectivity index (χ1v) is 8.18. The average molecular weight is 329 g/mol. The molecule has 118 valence electrons. The molecule has 3 aromatic rings. The topological polar surface area (TPSA) is 49.4 Å². The van der Waals surface area contributed by atoms with E-state index in [1.165, 1.54) is 23.5 Å². The van der Waals surface area contributed by atoms with Crippen molar-refractivity contribution < 1.29 is 14.1 Å². The van der Waals surface area contributed by atoms with E-state index in [0.717, 1.165) is 29.0 Å². The van der Waals surface area contributed by atoms with Gasteiger partial charge in [-0.3, -0.25) is 5.73 Å². The number of thiazole rings is 1. The van der Waals surface area contributed by atoms with Gasteiger partial charge in [0.15, 0.2) is 0 Å². The molecule has 3 nitrogen and oxygen atoms in total. The molecule has 1 aromatic heterocycles. The van der Waals surface area contributed by atoms with Crippen LogP contribution in [0.15, 0.2) is 53.9 Å². The first-order chi connectivity index (χ1) is 11.2. The molecule has 0 fully saturated rings. The van der Waals surface area contributed by atoms with Crippen LogP contribution in [0.2, 0.25) is 0 Å². The van der Waals surface area contributed by atoms with Crippen molar-refractivity contribution in [3.63, 3.8) is 0 Å². The Labute approximate surface area is 138 Å². The predicted octanol–water partition coefficient (Wildman–Crippen LogP) is 3.67. The molecule has 0 saturated heterocycles. The Balaban J connectivity index is 1.94. The fourth-order valence-electron chi connectivity index (χ4n) is 2.60. The fraction of sp³-hybridized carbons (Fsp3) is 0.167. The molecule has 0 aliphatic heterocycles. The van der Waals surface area contributed by atoms with Crippen LogP contribution >= 0.6 is 11.3 Å². The molecule has 0 saturated carbocycles. The maximum atomic E-state index is 13.1. The standard InChI is InChI=1S/C18H17FN2OS/c1-22-15-8-4-13(5-9-15)16(17-11-23-18(20)21-17)10-12-2-6-14(19)7-3-12/h2-9,11,16H,10H2,1H3,(H2,20,21)/p+1. The number of nitrogens with one attached hydrogen (secondary N) is 1. The van der Waals surface area contributed by atoms with Gasteiger partial charge in [-0.1, -0.05) is 35.6 Å². The second-order valence-electron chi connectivity index (χ2n) is 5.34. The summed E-state index contributed by atoms with van der Waals surface area (Å²) in [5, 5.41) is 2.71. The summed E-state index contributed by atoms with van der Waals surface area (Å²) in [5.41, 5.74) is 9.14. The third kappa shape index (κ3) is 3.68. The highest BCUT2D eigenvalue weighted by atomic mass is 32.1. The summed E-state index contributed by atoms with van der Waals surface area (Å²) in [7, 11) is 1.65. The Kier molecular flexibility index (Phi) is 4.57. The Morgan fingerprint density at radius 1 is 1.13 bits per heavy atom. The van der Waals surface area contributed by atoms with Crippen LogP contribution in [0.25, 0.3) is 0 Å². The molecule has 0 aliphatic carbocycles. The van der Waals surface area contributed by atoms with Gasteiger partial charge in [-0.25, -0.2) is 9.37 Å². The van der Waals surface area contributed by atoms with E-state index in [1.807, 2.05) is 29.6 Å². The summed E-state index contributed by atoms with van der Waals surface area (Å²) in [6.07, 6.45) is 0.763. The van der Waals surface area contributed by atoms with Crippen molar-refractivity contribution in [2.75, 3.05) is 12.8 Å². The van der Waals surface area contributed by atoms with E-state index in [1.54, 1.807) is 7.11 Å². The second-order valence-corrected chi connectivity index (χ2v) is 6.25. The van der Waals surface area contributed by atoms with Gasteiger partial charge in [-0.2, -0.15) is 0 Å². The maximum Gasteiger partial charge on any atom is 0.329 e. The number of methoxy groups -OCH3 is 1. The van der Waals surface area contributed by atoms with Crippen molar-refractivity contribution in [2.45, 2.75) is 12.3 Å². The Morgan fingerprint density at radius 2 is 1.83 bits per heavy atom. The Morgan fingerprint density at radius 3 is 2.39 bits per heavy atom. The molecule has 1 heterocycles. The molecular weight excluding hydrogens is 311 g/mol. The van der Waals surface area contributed by atoms with Crippen LogP contribution in [0.4, 0.5) is 9.52 Å². The van der Waals surface area contributed by atoms with Crippen molar-refractivity contribution in [3.05, 3.63) is 76.5 Å². The molecule has 0 bridgehead atoms. The molecule has 23 heavy (non-hydrogen) atoms. The number of anilines is 1. The van der Waals surface area contributed by atoms with Gasteiger partial charge in [0, 0.05) is 5.38 Å². The summed E-state index contributed by atoms with van der Waals surface area (Å²) < 4.78 is 18.3. The van der Waals surface area contributed by atoms with Gasteiger partial charge in [0.05, 0.1) is 13.0 Å². The van der Waals surface area contributed by atoms with E-state index in [0.29, 0.717) is 5.13 Å². The third-order valence-corrected chi connectivity index (χ3v) is 4.55. The maximum absolute atomic E-state index is 13.1. The minimum Gasteiger partial charge on any atom is -0.497 e. The number of nitrogen functional groups attached to an aromatic ring is 1. The first kappa shape index (κ1) is 15.5. The lowest BCUT2D eigenvalue weighted by Crippen LogP contribution is -2.17. The highest BCUT2D eigenvalue weighted by molar-refractivity contribution is 7.13. The molecule has 1 unspecified atom stereocenters. The number of aromatic nitrogens is 1. The SMILES string of the molecule is COc1ccc(C(Cc2ccc(F)cc2)c2csc(N)[nH+]2)cc1. The quantitative estimate of drug-likeness (QED) is 0.776. The lowest BCUT2D eigenvalue weighted by molar-refractivity contribution is -0.368.